The van der Waals surface area contributed by atoms with E-state index in [9.17, 15) is 8.42 Å². The first-order chi connectivity index (χ1) is 8.08. The molecule has 0 radical (unpaired) electrons. The zero-order valence-electron chi connectivity index (χ0n) is 10.8. The summed E-state index contributed by atoms with van der Waals surface area (Å²) in [7, 11) is -3.08. The zero-order chi connectivity index (χ0) is 12.7. The van der Waals surface area contributed by atoms with E-state index in [1.807, 2.05) is 19.1 Å². The Morgan fingerprint density at radius 1 is 1.00 bits per heavy atom. The molecule has 1 aromatic rings. The van der Waals surface area contributed by atoms with Crippen molar-refractivity contribution in [3.05, 3.63) is 29.8 Å². The van der Waals surface area contributed by atoms with Crippen LogP contribution in [0.2, 0.25) is 0 Å². The van der Waals surface area contributed by atoms with Crippen molar-refractivity contribution in [1.29, 1.82) is 0 Å². The van der Waals surface area contributed by atoms with E-state index in [0.717, 1.165) is 24.8 Å². The SMILES string of the molecule is CCCCCCCS(=O)(=O)c1ccccc1C. The average molecular weight is 254 g/mol. The highest BCUT2D eigenvalue weighted by atomic mass is 32.2. The van der Waals surface area contributed by atoms with E-state index < -0.39 is 9.84 Å². The number of sulfone groups is 1. The lowest BCUT2D eigenvalue weighted by molar-refractivity contribution is 0.586. The van der Waals surface area contributed by atoms with Gasteiger partial charge >= 0.3 is 0 Å². The molecule has 0 N–H and O–H groups in total. The molecule has 0 saturated carbocycles. The molecule has 0 aromatic heterocycles. The molecule has 3 heteroatoms. The second kappa shape index (κ2) is 6.80. The fraction of sp³-hybridized carbons (Fsp3) is 0.571. The molecule has 17 heavy (non-hydrogen) atoms. The number of benzene rings is 1. The number of aryl methyl sites for hydroxylation is 1. The van der Waals surface area contributed by atoms with Crippen LogP contribution in [0.5, 0.6) is 0 Å². The summed E-state index contributed by atoms with van der Waals surface area (Å²) in [4.78, 5) is 0.496. The van der Waals surface area contributed by atoms with Gasteiger partial charge in [-0.1, -0.05) is 50.8 Å². The van der Waals surface area contributed by atoms with Crippen molar-refractivity contribution >= 4 is 9.84 Å². The largest absolute Gasteiger partial charge is 0.224 e. The molecule has 0 unspecified atom stereocenters. The number of hydrogen-bond donors (Lipinski definition) is 0. The van der Waals surface area contributed by atoms with E-state index in [1.54, 1.807) is 12.1 Å². The van der Waals surface area contributed by atoms with Crippen molar-refractivity contribution < 1.29 is 8.42 Å². The van der Waals surface area contributed by atoms with E-state index in [-0.39, 0.29) is 5.75 Å². The molecular formula is C14H22O2S. The lowest BCUT2D eigenvalue weighted by atomic mass is 10.2. The molecule has 1 rings (SSSR count). The predicted molar refractivity (Wildman–Crippen MR) is 72.0 cm³/mol. The molecule has 2 nitrogen and oxygen atoms in total. The molecule has 0 spiro atoms. The first-order valence-corrected chi connectivity index (χ1v) is 8.01. The standard InChI is InChI=1S/C14H22O2S/c1-3-4-5-6-9-12-17(15,16)14-11-8-7-10-13(14)2/h7-8,10-11H,3-6,9,12H2,1-2H3. The predicted octanol–water partition coefficient (Wildman–Crippen LogP) is 3.74. The summed E-state index contributed by atoms with van der Waals surface area (Å²) >= 11 is 0. The van der Waals surface area contributed by atoms with Crippen LogP contribution in [0.3, 0.4) is 0 Å². The lowest BCUT2D eigenvalue weighted by Crippen LogP contribution is -2.08. The van der Waals surface area contributed by atoms with Gasteiger partial charge in [-0.3, -0.25) is 0 Å². The molecule has 0 heterocycles. The Bertz CT molecular complexity index is 435. The molecule has 0 aliphatic carbocycles. The Labute approximate surface area is 105 Å². The third-order valence-corrected chi connectivity index (χ3v) is 4.90. The smallest absolute Gasteiger partial charge is 0.178 e. The lowest BCUT2D eigenvalue weighted by Gasteiger charge is -2.07. The van der Waals surface area contributed by atoms with Gasteiger partial charge in [-0.25, -0.2) is 8.42 Å². The Balaban J connectivity index is 2.55. The van der Waals surface area contributed by atoms with Crippen LogP contribution < -0.4 is 0 Å². The molecule has 1 aromatic carbocycles. The van der Waals surface area contributed by atoms with Crippen LogP contribution in [0.25, 0.3) is 0 Å². The van der Waals surface area contributed by atoms with E-state index in [0.29, 0.717) is 4.90 Å². The maximum atomic E-state index is 12.1. The van der Waals surface area contributed by atoms with Gasteiger partial charge < -0.3 is 0 Å². The van der Waals surface area contributed by atoms with Crippen molar-refractivity contribution in [2.24, 2.45) is 0 Å². The van der Waals surface area contributed by atoms with Gasteiger partial charge in [0.05, 0.1) is 10.6 Å². The number of unbranched alkanes of at least 4 members (excludes halogenated alkanes) is 4. The fourth-order valence-corrected chi connectivity index (χ4v) is 3.56. The molecule has 0 fully saturated rings. The van der Waals surface area contributed by atoms with Crippen LogP contribution >= 0.6 is 0 Å². The van der Waals surface area contributed by atoms with Crippen molar-refractivity contribution in [2.75, 3.05) is 5.75 Å². The van der Waals surface area contributed by atoms with E-state index in [1.165, 1.54) is 12.8 Å². The number of hydrogen-bond acceptors (Lipinski definition) is 2. The molecule has 0 atom stereocenters. The van der Waals surface area contributed by atoms with Gasteiger partial charge in [0, 0.05) is 0 Å². The summed E-state index contributed by atoms with van der Waals surface area (Å²) < 4.78 is 24.2. The molecule has 96 valence electrons. The monoisotopic (exact) mass is 254 g/mol. The van der Waals surface area contributed by atoms with Crippen molar-refractivity contribution in [3.63, 3.8) is 0 Å². The topological polar surface area (TPSA) is 34.1 Å². The highest BCUT2D eigenvalue weighted by Crippen LogP contribution is 2.17. The minimum Gasteiger partial charge on any atom is -0.224 e. The van der Waals surface area contributed by atoms with Crippen LogP contribution in [0.4, 0.5) is 0 Å². The highest BCUT2D eigenvalue weighted by Gasteiger charge is 2.15. The van der Waals surface area contributed by atoms with Crippen molar-refractivity contribution in [2.45, 2.75) is 50.8 Å². The van der Waals surface area contributed by atoms with E-state index in [4.69, 9.17) is 0 Å². The van der Waals surface area contributed by atoms with Gasteiger partial charge in [-0.05, 0) is 25.0 Å². The summed E-state index contributed by atoms with van der Waals surface area (Å²) in [5, 5.41) is 0. The summed E-state index contributed by atoms with van der Waals surface area (Å²) in [6, 6.07) is 7.22. The summed E-state index contributed by atoms with van der Waals surface area (Å²) in [5.74, 6) is 0.279. The van der Waals surface area contributed by atoms with Gasteiger partial charge in [0.2, 0.25) is 0 Å². The van der Waals surface area contributed by atoms with Crippen LogP contribution in [0, 0.1) is 6.92 Å². The van der Waals surface area contributed by atoms with E-state index in [2.05, 4.69) is 6.92 Å². The molecular weight excluding hydrogens is 232 g/mol. The minimum absolute atomic E-state index is 0.279. The van der Waals surface area contributed by atoms with Gasteiger partial charge in [0.25, 0.3) is 0 Å². The Morgan fingerprint density at radius 2 is 1.65 bits per heavy atom. The van der Waals surface area contributed by atoms with Gasteiger partial charge in [0.1, 0.15) is 0 Å². The third-order valence-electron chi connectivity index (χ3n) is 2.95. The van der Waals surface area contributed by atoms with Gasteiger partial charge in [-0.2, -0.15) is 0 Å². The van der Waals surface area contributed by atoms with Crippen molar-refractivity contribution in [3.8, 4) is 0 Å². The second-order valence-corrected chi connectivity index (χ2v) is 6.58. The highest BCUT2D eigenvalue weighted by molar-refractivity contribution is 7.91. The summed E-state index contributed by atoms with van der Waals surface area (Å²) in [6.07, 6.45) is 5.31. The Kier molecular flexibility index (Phi) is 5.69. The first kappa shape index (κ1) is 14.2. The third kappa shape index (κ3) is 4.50. The van der Waals surface area contributed by atoms with E-state index >= 15 is 0 Å². The summed E-state index contributed by atoms with van der Waals surface area (Å²) in [5.41, 5.74) is 0.848. The normalized spacial score (nSPS) is 11.6. The second-order valence-electron chi connectivity index (χ2n) is 4.50. The quantitative estimate of drug-likeness (QED) is 0.695. The van der Waals surface area contributed by atoms with Crippen molar-refractivity contribution in [1.82, 2.24) is 0 Å². The Morgan fingerprint density at radius 3 is 2.29 bits per heavy atom. The minimum atomic E-state index is -3.08. The molecule has 0 bridgehead atoms. The average Bonchev–Trinajstić information content (AvgIpc) is 2.29. The molecule has 0 amide bonds. The maximum absolute atomic E-state index is 12.1. The first-order valence-electron chi connectivity index (χ1n) is 6.36. The van der Waals surface area contributed by atoms with Crippen LogP contribution in [-0.2, 0) is 9.84 Å². The summed E-state index contributed by atoms with van der Waals surface area (Å²) in [6.45, 7) is 4.01. The van der Waals surface area contributed by atoms with Crippen LogP contribution in [0.15, 0.2) is 29.2 Å². The maximum Gasteiger partial charge on any atom is 0.178 e. The zero-order valence-corrected chi connectivity index (χ0v) is 11.6. The van der Waals surface area contributed by atoms with Crippen LogP contribution in [0.1, 0.15) is 44.6 Å². The molecule has 0 saturated heterocycles. The Hall–Kier alpha value is -0.830. The van der Waals surface area contributed by atoms with Crippen LogP contribution in [-0.4, -0.2) is 14.2 Å². The molecule has 0 aliphatic rings. The van der Waals surface area contributed by atoms with Gasteiger partial charge in [-0.15, -0.1) is 0 Å². The molecule has 0 aliphatic heterocycles. The number of rotatable bonds is 7. The fourth-order valence-electron chi connectivity index (χ4n) is 1.91. The van der Waals surface area contributed by atoms with Gasteiger partial charge in [0.15, 0.2) is 9.84 Å².